The Balaban J connectivity index is 2.34. The number of benzene rings is 1. The molecule has 3 N–H and O–H groups in total. The molecule has 0 aliphatic rings. The van der Waals surface area contributed by atoms with Crippen LogP contribution in [0.3, 0.4) is 0 Å². The predicted octanol–water partition coefficient (Wildman–Crippen LogP) is 1.76. The first-order valence-electron chi connectivity index (χ1n) is 5.20. The summed E-state index contributed by atoms with van der Waals surface area (Å²) in [6.07, 6.45) is 0. The van der Waals surface area contributed by atoms with Crippen molar-refractivity contribution in [2.45, 2.75) is 0 Å². The molecule has 19 heavy (non-hydrogen) atoms. The average Bonchev–Trinajstić information content (AvgIpc) is 2.72. The van der Waals surface area contributed by atoms with Gasteiger partial charge in [-0.3, -0.25) is 4.79 Å². The van der Waals surface area contributed by atoms with Crippen molar-refractivity contribution in [2.75, 3.05) is 5.73 Å². The summed E-state index contributed by atoms with van der Waals surface area (Å²) in [6.45, 7) is 0. The van der Waals surface area contributed by atoms with Crippen molar-refractivity contribution in [3.63, 3.8) is 0 Å². The number of anilines is 1. The fourth-order valence-electron chi connectivity index (χ4n) is 1.72. The highest BCUT2D eigenvalue weighted by Gasteiger charge is 2.16. The van der Waals surface area contributed by atoms with Gasteiger partial charge in [-0.2, -0.15) is 9.50 Å². The van der Waals surface area contributed by atoms with E-state index in [9.17, 15) is 9.90 Å². The predicted molar refractivity (Wildman–Crippen MR) is 73.7 cm³/mol. The first-order chi connectivity index (χ1) is 9.06. The molecule has 2 heterocycles. The Morgan fingerprint density at radius 3 is 2.68 bits per heavy atom. The fraction of sp³-hybridized carbons (Fsp3) is 0. The molecule has 96 valence electrons. The molecule has 0 spiro atoms. The maximum absolute atomic E-state index is 12.3. The normalized spacial score (nSPS) is 11.0. The molecule has 0 saturated heterocycles. The Morgan fingerprint density at radius 2 is 2.00 bits per heavy atom. The SMILES string of the molecule is Nc1nn2c(=O)c(-c3ccc(Cl)cc3)c(O)nc2s1. The van der Waals surface area contributed by atoms with Crippen LogP contribution in [0.4, 0.5) is 5.13 Å². The lowest BCUT2D eigenvalue weighted by atomic mass is 10.1. The van der Waals surface area contributed by atoms with E-state index >= 15 is 0 Å². The number of halogens is 1. The summed E-state index contributed by atoms with van der Waals surface area (Å²) in [6, 6.07) is 6.51. The molecule has 0 radical (unpaired) electrons. The number of nitrogen functional groups attached to an aromatic ring is 1. The number of hydrogen-bond donors (Lipinski definition) is 2. The Labute approximate surface area is 115 Å². The van der Waals surface area contributed by atoms with E-state index in [-0.39, 0.29) is 21.5 Å². The molecule has 0 saturated carbocycles. The van der Waals surface area contributed by atoms with Crippen molar-refractivity contribution in [3.8, 4) is 17.0 Å². The van der Waals surface area contributed by atoms with Gasteiger partial charge in [0, 0.05) is 5.02 Å². The van der Waals surface area contributed by atoms with Crippen LogP contribution < -0.4 is 11.3 Å². The zero-order valence-electron chi connectivity index (χ0n) is 9.37. The number of rotatable bonds is 1. The van der Waals surface area contributed by atoms with Gasteiger partial charge in [0.15, 0.2) is 0 Å². The van der Waals surface area contributed by atoms with Crippen LogP contribution in [0.15, 0.2) is 29.1 Å². The van der Waals surface area contributed by atoms with E-state index in [4.69, 9.17) is 17.3 Å². The summed E-state index contributed by atoms with van der Waals surface area (Å²) in [4.78, 5) is 16.4. The molecular formula is C11H7ClN4O2S. The van der Waals surface area contributed by atoms with Gasteiger partial charge in [-0.1, -0.05) is 35.1 Å². The molecule has 0 aliphatic heterocycles. The van der Waals surface area contributed by atoms with Gasteiger partial charge in [0.2, 0.25) is 16.0 Å². The van der Waals surface area contributed by atoms with Gasteiger partial charge in [0.1, 0.15) is 5.56 Å². The van der Waals surface area contributed by atoms with E-state index in [0.717, 1.165) is 15.9 Å². The molecule has 3 aromatic rings. The lowest BCUT2D eigenvalue weighted by Gasteiger charge is -2.03. The van der Waals surface area contributed by atoms with Crippen molar-refractivity contribution in [3.05, 3.63) is 39.6 Å². The third-order valence-corrected chi connectivity index (χ3v) is 3.53. The van der Waals surface area contributed by atoms with Crippen LogP contribution in [0, 0.1) is 0 Å². The van der Waals surface area contributed by atoms with Crippen molar-refractivity contribution < 1.29 is 5.11 Å². The highest BCUT2D eigenvalue weighted by molar-refractivity contribution is 7.20. The van der Waals surface area contributed by atoms with Crippen LogP contribution in [0.2, 0.25) is 5.02 Å². The summed E-state index contributed by atoms with van der Waals surface area (Å²) < 4.78 is 1.07. The molecule has 0 aliphatic carbocycles. The minimum absolute atomic E-state index is 0.0690. The molecule has 0 atom stereocenters. The Kier molecular flexibility index (Phi) is 2.65. The van der Waals surface area contributed by atoms with Gasteiger partial charge < -0.3 is 10.8 Å². The smallest absolute Gasteiger partial charge is 0.287 e. The van der Waals surface area contributed by atoms with Gasteiger partial charge in [0.25, 0.3) is 5.56 Å². The second kappa shape index (κ2) is 4.22. The maximum atomic E-state index is 12.3. The summed E-state index contributed by atoms with van der Waals surface area (Å²) >= 11 is 6.81. The highest BCUT2D eigenvalue weighted by Crippen LogP contribution is 2.26. The van der Waals surface area contributed by atoms with Gasteiger partial charge in [-0.05, 0) is 17.7 Å². The topological polar surface area (TPSA) is 93.5 Å². The summed E-state index contributed by atoms with van der Waals surface area (Å²) in [5.41, 5.74) is 5.64. The van der Waals surface area contributed by atoms with E-state index < -0.39 is 5.56 Å². The minimum atomic E-state index is -0.474. The lowest BCUT2D eigenvalue weighted by Crippen LogP contribution is -2.17. The first-order valence-corrected chi connectivity index (χ1v) is 6.40. The molecule has 0 fully saturated rings. The first kappa shape index (κ1) is 11.9. The van der Waals surface area contributed by atoms with E-state index in [1.807, 2.05) is 0 Å². The molecular weight excluding hydrogens is 288 g/mol. The average molecular weight is 295 g/mol. The Hall–Kier alpha value is -2.12. The van der Waals surface area contributed by atoms with Gasteiger partial charge in [-0.25, -0.2) is 0 Å². The third-order valence-electron chi connectivity index (χ3n) is 2.54. The largest absolute Gasteiger partial charge is 0.493 e. The number of hydrogen-bond acceptors (Lipinski definition) is 6. The number of nitrogens with two attached hydrogens (primary N) is 1. The standard InChI is InChI=1S/C11H7ClN4O2S/c12-6-3-1-5(2-4-6)7-8(17)14-11-16(9(7)18)15-10(13)19-11/h1-4,17H,(H2,13,15). The number of fused-ring (bicyclic) bond motifs is 1. The second-order valence-corrected chi connectivity index (χ2v) is 5.18. The summed E-state index contributed by atoms with van der Waals surface area (Å²) in [5, 5.41) is 14.5. The molecule has 0 bridgehead atoms. The van der Waals surface area contributed by atoms with Crippen molar-refractivity contribution in [2.24, 2.45) is 0 Å². The second-order valence-electron chi connectivity index (χ2n) is 3.76. The van der Waals surface area contributed by atoms with E-state index in [2.05, 4.69) is 10.1 Å². The van der Waals surface area contributed by atoms with E-state index in [0.29, 0.717) is 10.6 Å². The van der Waals surface area contributed by atoms with Crippen LogP contribution >= 0.6 is 22.9 Å². The van der Waals surface area contributed by atoms with Gasteiger partial charge >= 0.3 is 0 Å². The van der Waals surface area contributed by atoms with Crippen LogP contribution in [0.1, 0.15) is 0 Å². The molecule has 8 heteroatoms. The molecule has 3 rings (SSSR count). The monoisotopic (exact) mass is 294 g/mol. The molecule has 2 aromatic heterocycles. The van der Waals surface area contributed by atoms with E-state index in [1.54, 1.807) is 24.3 Å². The van der Waals surface area contributed by atoms with Gasteiger partial charge in [-0.15, -0.1) is 5.10 Å². The van der Waals surface area contributed by atoms with Crippen LogP contribution in [-0.4, -0.2) is 19.7 Å². The van der Waals surface area contributed by atoms with Crippen molar-refractivity contribution in [1.82, 2.24) is 14.6 Å². The summed E-state index contributed by atoms with van der Waals surface area (Å²) in [7, 11) is 0. The minimum Gasteiger partial charge on any atom is -0.493 e. The van der Waals surface area contributed by atoms with Crippen LogP contribution in [-0.2, 0) is 0 Å². The molecule has 1 aromatic carbocycles. The maximum Gasteiger partial charge on any atom is 0.287 e. The van der Waals surface area contributed by atoms with E-state index in [1.165, 1.54) is 0 Å². The highest BCUT2D eigenvalue weighted by atomic mass is 35.5. The quantitative estimate of drug-likeness (QED) is 0.713. The molecule has 0 unspecified atom stereocenters. The number of nitrogens with zero attached hydrogens (tertiary/aromatic N) is 3. The van der Waals surface area contributed by atoms with Crippen molar-refractivity contribution in [1.29, 1.82) is 0 Å². The number of aromatic nitrogens is 3. The zero-order valence-corrected chi connectivity index (χ0v) is 10.9. The van der Waals surface area contributed by atoms with Crippen LogP contribution in [0.25, 0.3) is 16.1 Å². The number of aromatic hydroxyl groups is 1. The van der Waals surface area contributed by atoms with Crippen LogP contribution in [0.5, 0.6) is 5.88 Å². The Morgan fingerprint density at radius 1 is 1.32 bits per heavy atom. The zero-order chi connectivity index (χ0) is 13.6. The van der Waals surface area contributed by atoms with Gasteiger partial charge in [0.05, 0.1) is 0 Å². The Bertz CT molecular complexity index is 825. The van der Waals surface area contributed by atoms with Crippen molar-refractivity contribution >= 4 is 33.0 Å². The third kappa shape index (κ3) is 1.92. The fourth-order valence-corrected chi connectivity index (χ4v) is 2.50. The summed E-state index contributed by atoms with van der Waals surface area (Å²) in [5.74, 6) is -0.351. The lowest BCUT2D eigenvalue weighted by molar-refractivity contribution is 0.455. The molecule has 6 nitrogen and oxygen atoms in total. The molecule has 0 amide bonds.